The molecule has 0 radical (unpaired) electrons. The minimum Gasteiger partial charge on any atom is -0.466 e. The Morgan fingerprint density at radius 2 is 2.10 bits per heavy atom. The summed E-state index contributed by atoms with van der Waals surface area (Å²) >= 11 is 0. The van der Waals surface area contributed by atoms with Gasteiger partial charge < -0.3 is 10.1 Å². The van der Waals surface area contributed by atoms with E-state index in [1.54, 1.807) is 0 Å². The first-order chi connectivity index (χ1) is 10.2. The van der Waals surface area contributed by atoms with E-state index in [4.69, 9.17) is 4.74 Å². The van der Waals surface area contributed by atoms with Crippen LogP contribution in [0.5, 0.6) is 0 Å². The Morgan fingerprint density at radius 1 is 1.33 bits per heavy atom. The Morgan fingerprint density at radius 3 is 2.81 bits per heavy atom. The summed E-state index contributed by atoms with van der Waals surface area (Å²) in [6.07, 6.45) is 4.17. The molecular weight excluding hydrogens is 262 g/mol. The van der Waals surface area contributed by atoms with Crippen LogP contribution in [0.15, 0.2) is 30.3 Å². The molecule has 116 valence electrons. The summed E-state index contributed by atoms with van der Waals surface area (Å²) < 4.78 is 5.16. The van der Waals surface area contributed by atoms with Gasteiger partial charge in [-0.3, -0.25) is 4.79 Å². The van der Waals surface area contributed by atoms with Gasteiger partial charge in [-0.05, 0) is 37.7 Å². The summed E-state index contributed by atoms with van der Waals surface area (Å²) in [7, 11) is 0. The number of rotatable bonds is 6. The molecule has 21 heavy (non-hydrogen) atoms. The molecule has 1 fully saturated rings. The molecule has 1 aliphatic carbocycles. The molecule has 1 saturated carbocycles. The molecule has 2 rings (SSSR count). The van der Waals surface area contributed by atoms with Crippen molar-refractivity contribution in [2.45, 2.75) is 51.5 Å². The van der Waals surface area contributed by atoms with Crippen molar-refractivity contribution in [2.75, 3.05) is 13.2 Å². The Kier molecular flexibility index (Phi) is 6.24. The van der Waals surface area contributed by atoms with Crippen LogP contribution < -0.4 is 5.32 Å². The van der Waals surface area contributed by atoms with Gasteiger partial charge in [0.05, 0.1) is 12.5 Å². The third kappa shape index (κ3) is 4.85. The van der Waals surface area contributed by atoms with E-state index in [-0.39, 0.29) is 11.9 Å². The van der Waals surface area contributed by atoms with E-state index in [9.17, 15) is 4.79 Å². The summed E-state index contributed by atoms with van der Waals surface area (Å²) in [5.41, 5.74) is 1.36. The highest BCUT2D eigenvalue weighted by atomic mass is 16.5. The summed E-state index contributed by atoms with van der Waals surface area (Å²) in [6, 6.07) is 11.0. The van der Waals surface area contributed by atoms with Crippen LogP contribution in [-0.2, 0) is 9.53 Å². The predicted octanol–water partition coefficient (Wildman–Crippen LogP) is 3.50. The number of carbonyl (C=O) groups is 1. The zero-order chi connectivity index (χ0) is 15.1. The van der Waals surface area contributed by atoms with Crippen LogP contribution in [0.4, 0.5) is 0 Å². The maximum absolute atomic E-state index is 11.9. The van der Waals surface area contributed by atoms with Gasteiger partial charge in [0, 0.05) is 12.6 Å². The number of hydrogen-bond donors (Lipinski definition) is 1. The van der Waals surface area contributed by atoms with Crippen molar-refractivity contribution in [3.05, 3.63) is 35.9 Å². The fourth-order valence-corrected chi connectivity index (χ4v) is 3.09. The average Bonchev–Trinajstić information content (AvgIpc) is 2.54. The van der Waals surface area contributed by atoms with E-state index in [0.29, 0.717) is 18.6 Å². The monoisotopic (exact) mass is 289 g/mol. The van der Waals surface area contributed by atoms with E-state index in [1.165, 1.54) is 5.56 Å². The quantitative estimate of drug-likeness (QED) is 0.815. The molecule has 0 heterocycles. The average molecular weight is 289 g/mol. The molecular formula is C18H27NO2. The molecule has 1 N–H and O–H groups in total. The van der Waals surface area contributed by atoms with Crippen LogP contribution in [0.2, 0.25) is 0 Å². The molecule has 0 amide bonds. The van der Waals surface area contributed by atoms with Gasteiger partial charge in [-0.1, -0.05) is 43.7 Å². The van der Waals surface area contributed by atoms with Crippen LogP contribution in [0.3, 0.4) is 0 Å². The second-order valence-electron chi connectivity index (χ2n) is 6.03. The smallest absolute Gasteiger partial charge is 0.308 e. The van der Waals surface area contributed by atoms with Crippen molar-refractivity contribution in [1.82, 2.24) is 5.32 Å². The second kappa shape index (κ2) is 8.18. The molecule has 1 aromatic carbocycles. The largest absolute Gasteiger partial charge is 0.466 e. The first kappa shape index (κ1) is 16.0. The zero-order valence-electron chi connectivity index (χ0n) is 13.2. The molecule has 1 aliphatic rings. The molecule has 1 aromatic rings. The lowest BCUT2D eigenvalue weighted by atomic mass is 9.85. The molecule has 0 spiro atoms. The number of nitrogens with one attached hydrogen (secondary N) is 1. The predicted molar refractivity (Wildman–Crippen MR) is 85.2 cm³/mol. The fourth-order valence-electron chi connectivity index (χ4n) is 3.09. The Labute approximate surface area is 128 Å². The van der Waals surface area contributed by atoms with Gasteiger partial charge in [0.1, 0.15) is 0 Å². The molecule has 0 aliphatic heterocycles. The molecule has 0 saturated heterocycles. The standard InChI is InChI=1S/C18H27NO2/c1-3-21-18(20)16-10-7-11-17(12-16)19-13-14(2)15-8-5-4-6-9-15/h4-6,8-9,14,16-17,19H,3,7,10-13H2,1-2H3. The second-order valence-corrected chi connectivity index (χ2v) is 6.03. The van der Waals surface area contributed by atoms with E-state index in [1.807, 2.05) is 6.92 Å². The Hall–Kier alpha value is -1.35. The first-order valence-electron chi connectivity index (χ1n) is 8.15. The number of hydrogen-bond acceptors (Lipinski definition) is 3. The van der Waals surface area contributed by atoms with E-state index < -0.39 is 0 Å². The van der Waals surface area contributed by atoms with Crippen LogP contribution in [0.25, 0.3) is 0 Å². The Bertz CT molecular complexity index is 432. The number of ether oxygens (including phenoxy) is 1. The number of benzene rings is 1. The minimum absolute atomic E-state index is 0.0138. The lowest BCUT2D eigenvalue weighted by molar-refractivity contribution is -0.149. The lowest BCUT2D eigenvalue weighted by Crippen LogP contribution is -2.38. The van der Waals surface area contributed by atoms with Crippen LogP contribution in [0.1, 0.15) is 51.0 Å². The van der Waals surface area contributed by atoms with Crippen molar-refractivity contribution in [3.63, 3.8) is 0 Å². The SMILES string of the molecule is CCOC(=O)C1CCCC(NCC(C)c2ccccc2)C1. The van der Waals surface area contributed by atoms with Crippen molar-refractivity contribution < 1.29 is 9.53 Å². The van der Waals surface area contributed by atoms with E-state index in [2.05, 4.69) is 42.6 Å². The summed E-state index contributed by atoms with van der Waals surface area (Å²) in [5, 5.41) is 3.64. The molecule has 0 aromatic heterocycles. The first-order valence-corrected chi connectivity index (χ1v) is 8.15. The maximum Gasteiger partial charge on any atom is 0.308 e. The van der Waals surface area contributed by atoms with Crippen molar-refractivity contribution in [3.8, 4) is 0 Å². The lowest BCUT2D eigenvalue weighted by Gasteiger charge is -2.29. The minimum atomic E-state index is -0.0138. The topological polar surface area (TPSA) is 38.3 Å². The van der Waals surface area contributed by atoms with Crippen LogP contribution in [0, 0.1) is 5.92 Å². The van der Waals surface area contributed by atoms with E-state index in [0.717, 1.165) is 32.2 Å². The molecule has 3 atom stereocenters. The highest BCUT2D eigenvalue weighted by molar-refractivity contribution is 5.72. The molecule has 3 unspecified atom stereocenters. The fraction of sp³-hybridized carbons (Fsp3) is 0.611. The van der Waals surface area contributed by atoms with Gasteiger partial charge in [-0.25, -0.2) is 0 Å². The highest BCUT2D eigenvalue weighted by Crippen LogP contribution is 2.26. The van der Waals surface area contributed by atoms with Crippen LogP contribution in [-0.4, -0.2) is 25.2 Å². The summed E-state index contributed by atoms with van der Waals surface area (Å²) in [5.74, 6) is 0.567. The van der Waals surface area contributed by atoms with Crippen LogP contribution >= 0.6 is 0 Å². The normalized spacial score (nSPS) is 23.5. The van der Waals surface area contributed by atoms with Gasteiger partial charge in [0.2, 0.25) is 0 Å². The van der Waals surface area contributed by atoms with Crippen molar-refractivity contribution in [2.24, 2.45) is 5.92 Å². The number of carbonyl (C=O) groups excluding carboxylic acids is 1. The van der Waals surface area contributed by atoms with Gasteiger partial charge in [-0.15, -0.1) is 0 Å². The molecule has 0 bridgehead atoms. The third-order valence-corrected chi connectivity index (χ3v) is 4.38. The maximum atomic E-state index is 11.9. The van der Waals surface area contributed by atoms with Gasteiger partial charge in [0.25, 0.3) is 0 Å². The zero-order valence-corrected chi connectivity index (χ0v) is 13.2. The third-order valence-electron chi connectivity index (χ3n) is 4.38. The molecule has 3 nitrogen and oxygen atoms in total. The van der Waals surface area contributed by atoms with E-state index >= 15 is 0 Å². The Balaban J connectivity index is 1.79. The van der Waals surface area contributed by atoms with Gasteiger partial charge in [0.15, 0.2) is 0 Å². The van der Waals surface area contributed by atoms with Crippen molar-refractivity contribution in [1.29, 1.82) is 0 Å². The summed E-state index contributed by atoms with van der Waals surface area (Å²) in [4.78, 5) is 11.9. The molecule has 3 heteroatoms. The number of esters is 1. The van der Waals surface area contributed by atoms with Crippen molar-refractivity contribution >= 4 is 5.97 Å². The van der Waals surface area contributed by atoms with Gasteiger partial charge in [-0.2, -0.15) is 0 Å². The highest BCUT2D eigenvalue weighted by Gasteiger charge is 2.28. The summed E-state index contributed by atoms with van der Waals surface area (Å²) in [6.45, 7) is 5.56. The van der Waals surface area contributed by atoms with Gasteiger partial charge >= 0.3 is 5.97 Å².